The first-order chi connectivity index (χ1) is 18.1. The molecule has 0 spiro atoms. The van der Waals surface area contributed by atoms with Gasteiger partial charge >= 0.3 is 12.2 Å². The molecular formula is C25H26F4N8O2. The van der Waals surface area contributed by atoms with Crippen molar-refractivity contribution in [1.82, 2.24) is 24.3 Å². The lowest BCUT2D eigenvalue weighted by atomic mass is 9.99. The minimum Gasteiger partial charge on any atom is -0.357 e. The normalized spacial score (nSPS) is 12.1. The van der Waals surface area contributed by atoms with Crippen molar-refractivity contribution in [2.45, 2.75) is 39.4 Å². The zero-order valence-electron chi connectivity index (χ0n) is 22.0. The Morgan fingerprint density at radius 3 is 2.28 bits per heavy atom. The summed E-state index contributed by atoms with van der Waals surface area (Å²) >= 11 is 0. The predicted molar refractivity (Wildman–Crippen MR) is 139 cm³/mol. The SMILES string of the molecule is CNc1ncc2cc(-c3cc(NC(=O)Nc4cnn(C(C)(C)C)c4C(F)(F)F)c(F)cc3C)c(=O)n(C)c2n1. The van der Waals surface area contributed by atoms with Crippen LogP contribution in [0.2, 0.25) is 0 Å². The zero-order chi connectivity index (χ0) is 28.9. The number of hydrogen-bond donors (Lipinski definition) is 3. The monoisotopic (exact) mass is 546 g/mol. The number of pyridine rings is 1. The molecule has 0 radical (unpaired) electrons. The van der Waals surface area contributed by atoms with Crippen LogP contribution in [0.4, 0.5) is 39.7 Å². The Bertz CT molecular complexity index is 1650. The molecule has 3 aromatic heterocycles. The van der Waals surface area contributed by atoms with Gasteiger partial charge in [-0.25, -0.2) is 14.2 Å². The number of rotatable bonds is 4. The molecule has 3 N–H and O–H groups in total. The van der Waals surface area contributed by atoms with E-state index >= 15 is 0 Å². The quantitative estimate of drug-likeness (QED) is 0.307. The lowest BCUT2D eigenvalue weighted by Gasteiger charge is -2.24. The Morgan fingerprint density at radius 2 is 1.67 bits per heavy atom. The van der Waals surface area contributed by atoms with E-state index < -0.39 is 40.5 Å². The van der Waals surface area contributed by atoms with Crippen LogP contribution < -0.4 is 21.5 Å². The second-order valence-corrected chi connectivity index (χ2v) is 9.86. The molecule has 0 atom stereocenters. The fourth-order valence-electron chi connectivity index (χ4n) is 4.12. The maximum Gasteiger partial charge on any atom is 0.435 e. The first kappa shape index (κ1) is 27.5. The predicted octanol–water partition coefficient (Wildman–Crippen LogP) is 5.10. The molecule has 3 heterocycles. The largest absolute Gasteiger partial charge is 0.435 e. The van der Waals surface area contributed by atoms with Gasteiger partial charge in [-0.3, -0.25) is 14.0 Å². The van der Waals surface area contributed by atoms with Gasteiger partial charge in [0, 0.05) is 31.2 Å². The number of anilines is 3. The number of carbonyl (C=O) groups is 1. The van der Waals surface area contributed by atoms with Crippen molar-refractivity contribution >= 4 is 34.4 Å². The molecule has 206 valence electrons. The van der Waals surface area contributed by atoms with Gasteiger partial charge in [0.25, 0.3) is 5.56 Å². The molecule has 0 unspecified atom stereocenters. The highest BCUT2D eigenvalue weighted by atomic mass is 19.4. The van der Waals surface area contributed by atoms with E-state index in [0.29, 0.717) is 28.1 Å². The Kier molecular flexibility index (Phi) is 6.83. The fraction of sp³-hybridized carbons (Fsp3) is 0.320. The molecule has 1 aromatic carbocycles. The van der Waals surface area contributed by atoms with Crippen LogP contribution in [-0.4, -0.2) is 37.4 Å². The summed E-state index contributed by atoms with van der Waals surface area (Å²) in [5.74, 6) is -0.519. The minimum atomic E-state index is -4.82. The van der Waals surface area contributed by atoms with Crippen LogP contribution in [0, 0.1) is 12.7 Å². The van der Waals surface area contributed by atoms with Gasteiger partial charge in [0.2, 0.25) is 5.95 Å². The van der Waals surface area contributed by atoms with E-state index in [1.54, 1.807) is 20.0 Å². The summed E-state index contributed by atoms with van der Waals surface area (Å²) in [7, 11) is 3.17. The van der Waals surface area contributed by atoms with E-state index in [4.69, 9.17) is 0 Å². The first-order valence-electron chi connectivity index (χ1n) is 11.7. The molecule has 4 aromatic rings. The van der Waals surface area contributed by atoms with Crippen molar-refractivity contribution in [3.8, 4) is 11.1 Å². The average molecular weight is 547 g/mol. The van der Waals surface area contributed by atoms with Crippen molar-refractivity contribution in [2.24, 2.45) is 7.05 Å². The van der Waals surface area contributed by atoms with Gasteiger partial charge < -0.3 is 16.0 Å². The van der Waals surface area contributed by atoms with E-state index in [9.17, 15) is 27.2 Å². The minimum absolute atomic E-state index is 0.192. The van der Waals surface area contributed by atoms with E-state index in [-0.39, 0.29) is 11.3 Å². The second kappa shape index (κ2) is 9.67. The highest BCUT2D eigenvalue weighted by Gasteiger charge is 2.41. The van der Waals surface area contributed by atoms with E-state index in [1.165, 1.54) is 44.6 Å². The smallest absolute Gasteiger partial charge is 0.357 e. The third kappa shape index (κ3) is 5.26. The Morgan fingerprint density at radius 1 is 1.00 bits per heavy atom. The number of urea groups is 1. The van der Waals surface area contributed by atoms with Gasteiger partial charge in [-0.15, -0.1) is 0 Å². The number of nitrogens with one attached hydrogen (secondary N) is 3. The molecule has 0 aliphatic carbocycles. The summed E-state index contributed by atoms with van der Waals surface area (Å²) in [5, 5.41) is 11.5. The Balaban J connectivity index is 1.71. The molecule has 4 rings (SSSR count). The van der Waals surface area contributed by atoms with Gasteiger partial charge in [0.1, 0.15) is 11.5 Å². The van der Waals surface area contributed by atoms with Crippen LogP contribution in [0.25, 0.3) is 22.2 Å². The standard InChI is InChI=1S/C25H26F4N8O2/c1-12-7-16(26)17(33-23(39)34-18-11-32-37(24(2,3)4)19(18)25(27,28)29)9-14(12)15-8-13-10-31-22(30-5)35-20(13)36(6)21(15)38/h7-11H,1-6H3,(H,30,31,35)(H2,33,34,39). The van der Waals surface area contributed by atoms with Gasteiger partial charge in [0.15, 0.2) is 5.69 Å². The molecular weight excluding hydrogens is 520 g/mol. The lowest BCUT2D eigenvalue weighted by Crippen LogP contribution is -2.30. The Hall–Kier alpha value is -4.49. The number of aromatic nitrogens is 5. The van der Waals surface area contributed by atoms with Crippen molar-refractivity contribution < 1.29 is 22.4 Å². The highest BCUT2D eigenvalue weighted by Crippen LogP contribution is 2.37. The maximum absolute atomic E-state index is 14.8. The molecule has 0 bridgehead atoms. The number of nitrogens with zero attached hydrogens (tertiary/aromatic N) is 5. The summed E-state index contributed by atoms with van der Waals surface area (Å²) in [4.78, 5) is 34.3. The molecule has 0 aliphatic rings. The number of aryl methyl sites for hydroxylation is 2. The van der Waals surface area contributed by atoms with Gasteiger partial charge in [-0.1, -0.05) is 0 Å². The topological polar surface area (TPSA) is 119 Å². The molecule has 0 saturated carbocycles. The number of amides is 2. The number of hydrogen-bond acceptors (Lipinski definition) is 6. The summed E-state index contributed by atoms with van der Waals surface area (Å²) in [6.07, 6.45) is -2.41. The molecule has 0 saturated heterocycles. The van der Waals surface area contributed by atoms with Gasteiger partial charge in [0.05, 0.1) is 23.1 Å². The molecule has 0 fully saturated rings. The average Bonchev–Trinajstić information content (AvgIpc) is 3.28. The third-order valence-corrected chi connectivity index (χ3v) is 5.95. The van der Waals surface area contributed by atoms with Crippen molar-refractivity contribution in [3.63, 3.8) is 0 Å². The molecule has 0 aliphatic heterocycles. The first-order valence-corrected chi connectivity index (χ1v) is 11.7. The van der Waals surface area contributed by atoms with Crippen molar-refractivity contribution in [2.75, 3.05) is 23.0 Å². The highest BCUT2D eigenvalue weighted by molar-refractivity contribution is 6.00. The third-order valence-electron chi connectivity index (χ3n) is 5.95. The number of benzene rings is 1. The maximum atomic E-state index is 14.8. The molecule has 10 nitrogen and oxygen atoms in total. The Labute approximate surface area is 220 Å². The van der Waals surface area contributed by atoms with Gasteiger partial charge in [-0.05, 0) is 57.0 Å². The van der Waals surface area contributed by atoms with Gasteiger partial charge in [-0.2, -0.15) is 23.3 Å². The van der Waals surface area contributed by atoms with Crippen LogP contribution in [0.5, 0.6) is 0 Å². The summed E-state index contributed by atoms with van der Waals surface area (Å²) < 4.78 is 58.3. The van der Waals surface area contributed by atoms with E-state index in [2.05, 4.69) is 31.0 Å². The molecule has 14 heteroatoms. The summed E-state index contributed by atoms with van der Waals surface area (Å²) in [5.41, 5.74) is -2.27. The van der Waals surface area contributed by atoms with Crippen LogP contribution in [0.3, 0.4) is 0 Å². The van der Waals surface area contributed by atoms with E-state index in [1.807, 2.05) is 0 Å². The van der Waals surface area contributed by atoms with Crippen LogP contribution >= 0.6 is 0 Å². The zero-order valence-corrected chi connectivity index (χ0v) is 22.0. The fourth-order valence-corrected chi connectivity index (χ4v) is 4.12. The molecule has 39 heavy (non-hydrogen) atoms. The number of alkyl halides is 3. The van der Waals surface area contributed by atoms with Crippen LogP contribution in [0.15, 0.2) is 35.4 Å². The number of fused-ring (bicyclic) bond motifs is 1. The van der Waals surface area contributed by atoms with Crippen LogP contribution in [0.1, 0.15) is 32.0 Å². The van der Waals surface area contributed by atoms with Crippen molar-refractivity contribution in [1.29, 1.82) is 0 Å². The number of carbonyl (C=O) groups excluding carboxylic acids is 1. The molecule has 2 amide bonds. The summed E-state index contributed by atoms with van der Waals surface area (Å²) in [6, 6.07) is 2.80. The van der Waals surface area contributed by atoms with Crippen LogP contribution in [-0.2, 0) is 18.8 Å². The van der Waals surface area contributed by atoms with Crippen molar-refractivity contribution in [3.05, 3.63) is 58.0 Å². The number of halogens is 4. The second-order valence-electron chi connectivity index (χ2n) is 9.86. The lowest BCUT2D eigenvalue weighted by molar-refractivity contribution is -0.145. The van der Waals surface area contributed by atoms with E-state index in [0.717, 1.165) is 16.9 Å². The summed E-state index contributed by atoms with van der Waals surface area (Å²) in [6.45, 7) is 6.18.